The van der Waals surface area contributed by atoms with E-state index in [0.29, 0.717) is 60.5 Å². The minimum Gasteiger partial charge on any atom is -1.00 e. The number of nitrogen functional groups attached to an aromatic ring is 1. The van der Waals surface area contributed by atoms with Gasteiger partial charge in [-0.2, -0.15) is 28.8 Å². The van der Waals surface area contributed by atoms with Gasteiger partial charge in [0.2, 0.25) is 0 Å². The molecule has 1 aliphatic heterocycles. The van der Waals surface area contributed by atoms with Gasteiger partial charge in [0.05, 0.1) is 82.9 Å². The minimum atomic E-state index is -4.67. The largest absolute Gasteiger partial charge is 1.00 e. The Morgan fingerprint density at radius 1 is 0.681 bits per heavy atom. The van der Waals surface area contributed by atoms with E-state index in [-0.39, 0.29) is 104 Å². The fraction of sp³-hybridized carbons (Fsp3) is 0.431. The monoisotopic (exact) mass is 1500 g/mol. The molecule has 1 saturated heterocycles. The number of aromatic nitrogens is 12. The summed E-state index contributed by atoms with van der Waals surface area (Å²) >= 11 is 3.49. The molecule has 8 aromatic heterocycles. The predicted octanol–water partition coefficient (Wildman–Crippen LogP) is 8.88. The second kappa shape index (κ2) is 48.7. The zero-order valence-electron chi connectivity index (χ0n) is 53.3. The van der Waals surface area contributed by atoms with Crippen molar-refractivity contribution in [1.29, 1.82) is 0 Å². The molecule has 94 heavy (non-hydrogen) atoms. The molecule has 31 nitrogen and oxygen atoms in total. The number of H-pyrrole nitrogens is 2. The van der Waals surface area contributed by atoms with Gasteiger partial charge in [0.1, 0.15) is 18.1 Å². The van der Waals surface area contributed by atoms with Crippen LogP contribution in [0.3, 0.4) is 0 Å². The third-order valence-electron chi connectivity index (χ3n) is 12.5. The Morgan fingerprint density at radius 3 is 1.46 bits per heavy atom. The Morgan fingerprint density at radius 2 is 1.10 bits per heavy atom. The van der Waals surface area contributed by atoms with Gasteiger partial charge in [0.25, 0.3) is 5.09 Å². The van der Waals surface area contributed by atoms with E-state index in [9.17, 15) is 24.6 Å². The number of hydrogen-bond acceptors (Lipinski definition) is 21. The second-order valence-electron chi connectivity index (χ2n) is 18.6. The van der Waals surface area contributed by atoms with Crippen LogP contribution in [0.25, 0.3) is 45.6 Å². The first-order chi connectivity index (χ1) is 43.2. The van der Waals surface area contributed by atoms with Crippen LogP contribution < -0.4 is 35.3 Å². The van der Waals surface area contributed by atoms with Gasteiger partial charge >= 0.3 is 51.3 Å². The van der Waals surface area contributed by atoms with Gasteiger partial charge in [0, 0.05) is 95.4 Å². The molecule has 12 rings (SSSR count). The van der Waals surface area contributed by atoms with Crippen molar-refractivity contribution in [3.05, 3.63) is 166 Å². The summed E-state index contributed by atoms with van der Waals surface area (Å²) in [5.74, 6) is 0. The maximum atomic E-state index is 11.2. The van der Waals surface area contributed by atoms with Crippen LogP contribution >= 0.6 is 15.9 Å². The standard InChI is InChI=1S/C14H16N4O3.C14H18N4O.C8H6N4O2.C8H7N3.C6H11BrO.C4H8O.CH3F.2CH4.CH3.HNO3.Na.H2O4S.Pd.H/c1-2-21-11-7-10(8-11)17-9-13(18(19)20)14(16-17)12-5-3-4-6-15-12;1-2-19-11-7-10(8-11)18-9-12(15)14(17-18)13-5-3-4-6-16-13;13-12(14)7-5-10-11-8(7)6-3-1-2-4-9-6;1-2-5-9-7(3-1)8-4-6-10-11-8;1-2-8-6-3-5(7)4-6;1-2-4-5-3-1;1-2;;;;2-1(3)4;;1-5(2,3)4;;/h3-6,9-11H,2,7-8H2,1H3;3-6,9-11H,2,7-8,15H2,1H3;1-5H,(H,10,11);1-6H,(H,10,11);5-6H,2-4H2,1H3;1-4H2;1H3;2*1H4;1H3;(H,2,3,4);;(H2,1,2,3,4);;/q;;;;;;;;;-1;;+1;;;-1/i;;;;;3D;;;;;;;;;. The first kappa shape index (κ1) is 87.0. The number of pyridine rings is 4. The van der Waals surface area contributed by atoms with Crippen molar-refractivity contribution in [2.24, 2.45) is 0 Å². The van der Waals surface area contributed by atoms with Crippen molar-refractivity contribution in [1.82, 2.24) is 59.9 Å². The molecule has 4 aliphatic rings. The topological polar surface area (TPSA) is 432 Å². The van der Waals surface area contributed by atoms with Crippen molar-refractivity contribution >= 4 is 43.4 Å². The minimum absolute atomic E-state index is 0. The fourth-order valence-corrected chi connectivity index (χ4v) is 9.10. The molecule has 1 atom stereocenters. The first-order valence-electron chi connectivity index (χ1n) is 28.1. The number of nitrogens with two attached hydrogens (primary N) is 1. The van der Waals surface area contributed by atoms with Crippen LogP contribution in [0.1, 0.15) is 102 Å². The van der Waals surface area contributed by atoms with E-state index >= 15 is 0 Å². The number of aromatic amines is 2. The maximum Gasteiger partial charge on any atom is 1.00 e. The normalized spacial score (nSPS) is 18.1. The molecular formula is C58H84BrFN16NaO15PdS-. The number of halogens is 2. The number of nitrogens with zero attached hydrogens (tertiary/aromatic N) is 13. The molecule has 4 fully saturated rings. The van der Waals surface area contributed by atoms with Gasteiger partial charge in [-0.25, -0.2) is 0 Å². The summed E-state index contributed by atoms with van der Waals surface area (Å²) in [5, 5.41) is 57.2. The third kappa shape index (κ3) is 32.4. The van der Waals surface area contributed by atoms with Gasteiger partial charge < -0.3 is 38.7 Å². The summed E-state index contributed by atoms with van der Waals surface area (Å²) in [7, 11) is -4.17. The van der Waals surface area contributed by atoms with E-state index in [4.69, 9.17) is 58.9 Å². The number of nitrogens with one attached hydrogen (secondary N) is 2. The Kier molecular flexibility index (Phi) is 45.1. The smallest absolute Gasteiger partial charge is 1.00 e. The molecule has 36 heteroatoms. The Hall–Kier alpha value is -6.98. The number of nitro groups is 2. The van der Waals surface area contributed by atoms with E-state index < -0.39 is 25.3 Å². The van der Waals surface area contributed by atoms with E-state index in [1.54, 1.807) is 72.1 Å². The van der Waals surface area contributed by atoms with Crippen molar-refractivity contribution in [2.75, 3.05) is 45.9 Å². The van der Waals surface area contributed by atoms with E-state index in [1.165, 1.54) is 25.2 Å². The van der Waals surface area contributed by atoms with E-state index in [2.05, 4.69) is 66.5 Å². The van der Waals surface area contributed by atoms with Gasteiger partial charge in [-0.1, -0.05) is 55.0 Å². The maximum absolute atomic E-state index is 11.2. The molecular weight excluding hydrogens is 1420 g/mol. The molecule has 0 amide bonds. The average molecular weight is 1510 g/mol. The van der Waals surface area contributed by atoms with Crippen molar-refractivity contribution < 1.29 is 114 Å². The quantitative estimate of drug-likeness (QED) is 0.0148. The van der Waals surface area contributed by atoms with Crippen LogP contribution in [0.5, 0.6) is 0 Å². The third-order valence-corrected chi connectivity index (χ3v) is 13.2. The van der Waals surface area contributed by atoms with Crippen molar-refractivity contribution in [3.8, 4) is 45.6 Å². The molecule has 3 saturated carbocycles. The zero-order valence-corrected chi connectivity index (χ0v) is 57.2. The van der Waals surface area contributed by atoms with Crippen LogP contribution in [0.4, 0.5) is 21.5 Å². The molecule has 0 aromatic carbocycles. The first-order valence-corrected chi connectivity index (χ1v) is 29.8. The summed E-state index contributed by atoms with van der Waals surface area (Å²) in [6.45, 7) is 8.96. The summed E-state index contributed by atoms with van der Waals surface area (Å²) in [6, 6.07) is 24.4. The Bertz CT molecular complexity index is 3410. The molecule has 1 unspecified atom stereocenters. The number of rotatable bonds is 14. The number of ether oxygens (including phenoxy) is 4. The molecule has 0 spiro atoms. The summed E-state index contributed by atoms with van der Waals surface area (Å²) in [6.07, 6.45) is 22.3. The molecule has 8 aromatic rings. The summed E-state index contributed by atoms with van der Waals surface area (Å²) in [5.41, 5.74) is 11.8. The van der Waals surface area contributed by atoms with Crippen LogP contribution in [0, 0.1) is 37.8 Å². The van der Waals surface area contributed by atoms with Gasteiger partial charge in [-0.3, -0.25) is 73.2 Å². The van der Waals surface area contributed by atoms with Crippen molar-refractivity contribution in [3.63, 3.8) is 0 Å². The molecule has 518 valence electrons. The SMILES string of the molecule is C.C.CCOC1CC(Br)C1.CCOC1CC(n2cc(N)c(-c3ccccn3)n2)C1.CCOC1CC(n2cc([N+](=O)[O-])c(-c3ccccn3)n2)C1.CF.O=S(=O)(O)O.O=[N+]([O-])O.O=[N+]([O-])c1cn[nH]c1-c1ccccn1.[2H]C1CCCO1.[CH3-].[H-].[Na+].[Pd].c1ccc(-c2ccn[nH]2)nc1. The molecule has 0 radical (unpaired) electrons. The molecule has 3 aliphatic carbocycles. The van der Waals surface area contributed by atoms with Crippen molar-refractivity contribution in [2.45, 2.75) is 122 Å². The van der Waals surface area contributed by atoms with Crippen LogP contribution in [-0.2, 0) is 49.8 Å². The van der Waals surface area contributed by atoms with Crippen LogP contribution in [0.15, 0.2) is 128 Å². The van der Waals surface area contributed by atoms with Gasteiger partial charge in [-0.05, 0) is 127 Å². The molecule has 7 N–H and O–H groups in total. The number of anilines is 1. The number of alkyl halides is 2. The van der Waals surface area contributed by atoms with E-state index in [0.717, 1.165) is 85.9 Å². The van der Waals surface area contributed by atoms with E-state index in [1.807, 2.05) is 74.1 Å². The Balaban J connectivity index is -0.00000107. The zero-order chi connectivity index (χ0) is 66.0. The summed E-state index contributed by atoms with van der Waals surface area (Å²) in [4.78, 5) is 46.5. The molecule has 9 heterocycles. The average Bonchev–Trinajstić information content (AvgIpc) is 1.66. The Labute approximate surface area is 592 Å². The van der Waals surface area contributed by atoms with Crippen LogP contribution in [-0.4, -0.2) is 161 Å². The number of hydrogen-bond donors (Lipinski definition) is 6. The second-order valence-corrected chi connectivity index (χ2v) is 20.8. The predicted molar refractivity (Wildman–Crippen MR) is 348 cm³/mol. The fourth-order valence-electron chi connectivity index (χ4n) is 8.26. The van der Waals surface area contributed by atoms with Gasteiger partial charge in [-0.15, -0.1) is 10.1 Å². The van der Waals surface area contributed by atoms with Crippen LogP contribution in [0.2, 0.25) is 0 Å². The molecule has 0 bridgehead atoms. The van der Waals surface area contributed by atoms with Gasteiger partial charge in [0.15, 0.2) is 11.4 Å². The summed E-state index contributed by atoms with van der Waals surface area (Å²) < 4.78 is 72.8.